The minimum atomic E-state index is -4.00. The van der Waals surface area contributed by atoms with Gasteiger partial charge in [-0.2, -0.15) is 9.82 Å². The molecule has 0 aliphatic rings. The normalized spacial score (nSPS) is 11.6. The summed E-state index contributed by atoms with van der Waals surface area (Å²) in [5.41, 5.74) is 1.05. The lowest BCUT2D eigenvalue weighted by Crippen LogP contribution is -2.33. The van der Waals surface area contributed by atoms with Crippen LogP contribution in [0.1, 0.15) is 5.56 Å². The smallest absolute Gasteiger partial charge is 0.243 e. The molecule has 0 saturated carbocycles. The minimum absolute atomic E-state index is 0.0206. The zero-order valence-corrected chi connectivity index (χ0v) is 18.4. The molecule has 0 aliphatic carbocycles. The molecule has 2 N–H and O–H groups in total. The maximum absolute atomic E-state index is 13.5. The van der Waals surface area contributed by atoms with E-state index in [1.54, 1.807) is 43.3 Å². The van der Waals surface area contributed by atoms with Gasteiger partial charge in [0.25, 0.3) is 0 Å². The van der Waals surface area contributed by atoms with Gasteiger partial charge in [0, 0.05) is 10.7 Å². The van der Waals surface area contributed by atoms with E-state index in [2.05, 4.69) is 15.1 Å². The quantitative estimate of drug-likeness (QED) is 0.498. The van der Waals surface area contributed by atoms with Gasteiger partial charge in [-0.15, -0.1) is 0 Å². The number of anilines is 1. The molecular formula is C20H21ClFN5O3S. The molecule has 0 fully saturated rings. The molecule has 0 radical (unpaired) electrons. The number of carbonyl (C=O) groups is 1. The highest BCUT2D eigenvalue weighted by atomic mass is 35.5. The topological polar surface area (TPSA) is 96.3 Å². The first-order valence-corrected chi connectivity index (χ1v) is 11.0. The predicted octanol–water partition coefficient (Wildman–Crippen LogP) is 2.64. The Bertz CT molecular complexity index is 1200. The number of carbonyl (C=O) groups excluding carboxylic acids is 1. The monoisotopic (exact) mass is 465 g/mol. The second-order valence-corrected chi connectivity index (χ2v) is 9.13. The summed E-state index contributed by atoms with van der Waals surface area (Å²) in [6, 6.07) is 11.2. The van der Waals surface area contributed by atoms with Crippen molar-refractivity contribution in [3.8, 4) is 5.69 Å². The highest BCUT2D eigenvalue weighted by molar-refractivity contribution is 7.89. The van der Waals surface area contributed by atoms with Crippen LogP contribution in [0, 0.1) is 5.82 Å². The molecule has 1 aromatic heterocycles. The van der Waals surface area contributed by atoms with Gasteiger partial charge in [0.2, 0.25) is 15.9 Å². The summed E-state index contributed by atoms with van der Waals surface area (Å²) in [5, 5.41) is 6.99. The van der Waals surface area contributed by atoms with E-state index in [1.165, 1.54) is 18.2 Å². The molecular weight excluding hydrogens is 445 g/mol. The summed E-state index contributed by atoms with van der Waals surface area (Å²) in [4.78, 5) is 13.9. The predicted molar refractivity (Wildman–Crippen MR) is 116 cm³/mol. The van der Waals surface area contributed by atoms with E-state index >= 15 is 0 Å². The van der Waals surface area contributed by atoms with E-state index < -0.39 is 15.8 Å². The Kier molecular flexibility index (Phi) is 7.06. The van der Waals surface area contributed by atoms with Crippen LogP contribution in [-0.4, -0.2) is 49.8 Å². The third-order valence-corrected chi connectivity index (χ3v) is 5.99. The molecule has 1 heterocycles. The fourth-order valence-electron chi connectivity index (χ4n) is 2.74. The van der Waals surface area contributed by atoms with Crippen LogP contribution < -0.4 is 10.0 Å². The SMILES string of the molecule is CN(C)CNS(=O)(=O)c1cc(NC(=O)Cc2ccccc2Cl)ccc1-n1cc(F)cn1. The van der Waals surface area contributed by atoms with Crippen molar-refractivity contribution in [2.24, 2.45) is 0 Å². The molecule has 0 unspecified atom stereocenters. The highest BCUT2D eigenvalue weighted by Gasteiger charge is 2.22. The van der Waals surface area contributed by atoms with Crippen molar-refractivity contribution in [1.82, 2.24) is 19.4 Å². The first kappa shape index (κ1) is 22.9. The van der Waals surface area contributed by atoms with Gasteiger partial charge in [-0.25, -0.2) is 17.5 Å². The van der Waals surface area contributed by atoms with Crippen LogP contribution in [0.15, 0.2) is 59.8 Å². The summed E-state index contributed by atoms with van der Waals surface area (Å²) < 4.78 is 42.9. The third kappa shape index (κ3) is 5.88. The van der Waals surface area contributed by atoms with Crippen LogP contribution in [0.25, 0.3) is 5.69 Å². The maximum Gasteiger partial charge on any atom is 0.243 e. The number of nitrogens with zero attached hydrogens (tertiary/aromatic N) is 3. The standard InChI is InChI=1S/C20H21ClFN5O3S/c1-26(2)13-24-31(29,30)19-10-16(7-8-18(19)27-12-15(22)11-23-27)25-20(28)9-14-5-3-4-6-17(14)21/h3-8,10-12,24H,9,13H2,1-2H3,(H,25,28). The molecule has 0 bridgehead atoms. The van der Waals surface area contributed by atoms with Crippen LogP contribution in [0.3, 0.4) is 0 Å². The number of aromatic nitrogens is 2. The van der Waals surface area contributed by atoms with E-state index in [4.69, 9.17) is 11.6 Å². The van der Waals surface area contributed by atoms with Gasteiger partial charge in [0.1, 0.15) is 4.90 Å². The molecule has 31 heavy (non-hydrogen) atoms. The van der Waals surface area contributed by atoms with E-state index in [9.17, 15) is 17.6 Å². The summed E-state index contributed by atoms with van der Waals surface area (Å²) in [6.45, 7) is 0.0539. The van der Waals surface area contributed by atoms with Crippen LogP contribution in [0.4, 0.5) is 10.1 Å². The Balaban J connectivity index is 1.92. The van der Waals surface area contributed by atoms with Crippen LogP contribution in [0.5, 0.6) is 0 Å². The number of halogens is 2. The van der Waals surface area contributed by atoms with Crippen LogP contribution in [-0.2, 0) is 21.2 Å². The van der Waals surface area contributed by atoms with Gasteiger partial charge in [-0.05, 0) is 43.9 Å². The van der Waals surface area contributed by atoms with Gasteiger partial charge in [0.15, 0.2) is 5.82 Å². The lowest BCUT2D eigenvalue weighted by Gasteiger charge is -2.16. The number of nitrogens with one attached hydrogen (secondary N) is 2. The second kappa shape index (κ2) is 9.56. The number of sulfonamides is 1. The van der Waals surface area contributed by atoms with Crippen molar-refractivity contribution < 1.29 is 17.6 Å². The van der Waals surface area contributed by atoms with Crippen molar-refractivity contribution in [3.63, 3.8) is 0 Å². The van der Waals surface area contributed by atoms with Crippen molar-refractivity contribution in [2.75, 3.05) is 26.1 Å². The molecule has 2 aromatic carbocycles. The number of hydrogen-bond acceptors (Lipinski definition) is 5. The second-order valence-electron chi connectivity index (χ2n) is 6.99. The molecule has 164 valence electrons. The molecule has 11 heteroatoms. The van der Waals surface area contributed by atoms with Gasteiger partial charge in [-0.1, -0.05) is 29.8 Å². The lowest BCUT2D eigenvalue weighted by atomic mass is 10.1. The Morgan fingerprint density at radius 1 is 1.23 bits per heavy atom. The number of rotatable bonds is 8. The number of benzene rings is 2. The van der Waals surface area contributed by atoms with Crippen molar-refractivity contribution >= 4 is 33.2 Å². The van der Waals surface area contributed by atoms with Crippen molar-refractivity contribution in [2.45, 2.75) is 11.3 Å². The number of amides is 1. The largest absolute Gasteiger partial charge is 0.326 e. The molecule has 3 aromatic rings. The Labute approximate surface area is 184 Å². The summed E-state index contributed by atoms with van der Waals surface area (Å²) in [5.74, 6) is -0.975. The Morgan fingerprint density at radius 2 is 1.97 bits per heavy atom. The summed E-state index contributed by atoms with van der Waals surface area (Å²) >= 11 is 6.10. The third-order valence-electron chi connectivity index (χ3n) is 4.21. The fourth-order valence-corrected chi connectivity index (χ4v) is 4.25. The first-order chi connectivity index (χ1) is 14.7. The van der Waals surface area contributed by atoms with Gasteiger partial charge in [0.05, 0.1) is 31.2 Å². The van der Waals surface area contributed by atoms with Crippen LogP contribution >= 0.6 is 11.6 Å². The van der Waals surface area contributed by atoms with Gasteiger partial charge in [-0.3, -0.25) is 9.69 Å². The molecule has 1 amide bonds. The average molecular weight is 466 g/mol. The Hall–Kier alpha value is -2.79. The Morgan fingerprint density at radius 3 is 2.61 bits per heavy atom. The lowest BCUT2D eigenvalue weighted by molar-refractivity contribution is -0.115. The molecule has 0 saturated heterocycles. The molecule has 8 nitrogen and oxygen atoms in total. The molecule has 0 spiro atoms. The number of hydrogen-bond donors (Lipinski definition) is 2. The van der Waals surface area contributed by atoms with E-state index in [-0.39, 0.29) is 35.3 Å². The molecule has 0 atom stereocenters. The molecule has 0 aliphatic heterocycles. The fraction of sp³-hybridized carbons (Fsp3) is 0.200. The van der Waals surface area contributed by atoms with E-state index in [0.29, 0.717) is 10.6 Å². The zero-order chi connectivity index (χ0) is 22.6. The zero-order valence-electron chi connectivity index (χ0n) is 16.8. The minimum Gasteiger partial charge on any atom is -0.326 e. The van der Waals surface area contributed by atoms with Crippen molar-refractivity contribution in [1.29, 1.82) is 0 Å². The van der Waals surface area contributed by atoms with Crippen LogP contribution in [0.2, 0.25) is 5.02 Å². The van der Waals surface area contributed by atoms with Crippen molar-refractivity contribution in [3.05, 3.63) is 71.3 Å². The first-order valence-electron chi connectivity index (χ1n) is 9.18. The van der Waals surface area contributed by atoms with E-state index in [0.717, 1.165) is 17.1 Å². The highest BCUT2D eigenvalue weighted by Crippen LogP contribution is 2.25. The summed E-state index contributed by atoms with van der Waals surface area (Å²) in [7, 11) is -0.584. The maximum atomic E-state index is 13.5. The molecule has 3 rings (SSSR count). The average Bonchev–Trinajstić information content (AvgIpc) is 3.14. The van der Waals surface area contributed by atoms with Gasteiger partial charge >= 0.3 is 0 Å². The van der Waals surface area contributed by atoms with Gasteiger partial charge < -0.3 is 5.32 Å². The summed E-state index contributed by atoms with van der Waals surface area (Å²) in [6.07, 6.45) is 2.06. The van der Waals surface area contributed by atoms with E-state index in [1.807, 2.05) is 0 Å².